The van der Waals surface area contributed by atoms with Gasteiger partial charge in [-0.2, -0.15) is 0 Å². The van der Waals surface area contributed by atoms with Gasteiger partial charge in [-0.15, -0.1) is 5.10 Å². The molecule has 0 unspecified atom stereocenters. The maximum Gasteiger partial charge on any atom is 0.282 e. The monoisotopic (exact) mass is 352 g/mol. The number of hydrogen-bond acceptors (Lipinski definition) is 6. The first-order valence-electron chi connectivity index (χ1n) is 7.01. The molecule has 1 aliphatic rings. The third-order valence-corrected chi connectivity index (χ3v) is 3.87. The molecule has 124 valence electrons. The molecule has 0 spiro atoms. The number of fused-ring (bicyclic) bond motifs is 1. The number of imidazole rings is 1. The van der Waals surface area contributed by atoms with Crippen LogP contribution in [0, 0.1) is 0 Å². The second-order valence-electron chi connectivity index (χ2n) is 5.37. The molecule has 0 radical (unpaired) electrons. The second kappa shape index (κ2) is 5.23. The van der Waals surface area contributed by atoms with E-state index in [4.69, 9.17) is 16.3 Å². The normalized spacial score (nSPS) is 16.2. The molecule has 0 aromatic carbocycles. The van der Waals surface area contributed by atoms with Gasteiger partial charge in [0.15, 0.2) is 17.2 Å². The van der Waals surface area contributed by atoms with Gasteiger partial charge in [0.2, 0.25) is 5.28 Å². The maximum absolute atomic E-state index is 13.2. The Hall–Kier alpha value is -2.55. The zero-order chi connectivity index (χ0) is 16.9. The summed E-state index contributed by atoms with van der Waals surface area (Å²) in [6.45, 7) is -0.795. The highest BCUT2D eigenvalue weighted by molar-refractivity contribution is 6.28. The predicted molar refractivity (Wildman–Crippen MR) is 82.7 cm³/mol. The molecule has 3 aromatic heterocycles. The molecule has 1 aliphatic heterocycles. The molecule has 0 saturated carbocycles. The van der Waals surface area contributed by atoms with Gasteiger partial charge in [0.25, 0.3) is 5.92 Å². The summed E-state index contributed by atoms with van der Waals surface area (Å²) in [5, 5.41) is 4.51. The quantitative estimate of drug-likeness (QED) is 0.674. The van der Waals surface area contributed by atoms with Crippen molar-refractivity contribution >= 4 is 23.1 Å². The van der Waals surface area contributed by atoms with Crippen LogP contribution in [0.4, 0.5) is 14.6 Å². The molecule has 3 aromatic rings. The van der Waals surface area contributed by atoms with Crippen molar-refractivity contribution in [2.75, 3.05) is 25.1 Å². The molecule has 0 aliphatic carbocycles. The van der Waals surface area contributed by atoms with Gasteiger partial charge in [0.1, 0.15) is 5.69 Å². The van der Waals surface area contributed by atoms with E-state index in [-0.39, 0.29) is 5.28 Å². The molecule has 1 saturated heterocycles. The molecule has 4 rings (SSSR count). The van der Waals surface area contributed by atoms with Gasteiger partial charge in [-0.3, -0.25) is 0 Å². The Balaban J connectivity index is 1.84. The first-order valence-corrected chi connectivity index (χ1v) is 7.39. The smallest absolute Gasteiger partial charge is 0.282 e. The Bertz CT molecular complexity index is 923. The van der Waals surface area contributed by atoms with E-state index >= 15 is 0 Å². The van der Waals surface area contributed by atoms with Crippen LogP contribution >= 0.6 is 11.6 Å². The van der Waals surface area contributed by atoms with Crippen LogP contribution in [0.2, 0.25) is 5.28 Å². The largest absolute Gasteiger partial charge is 0.493 e. The van der Waals surface area contributed by atoms with Crippen molar-refractivity contribution in [2.45, 2.75) is 5.92 Å². The molecular formula is C14H11ClF2N6O. The molecule has 24 heavy (non-hydrogen) atoms. The summed E-state index contributed by atoms with van der Waals surface area (Å²) in [6, 6.07) is 3.31. The summed E-state index contributed by atoms with van der Waals surface area (Å²) < 4.78 is 33.2. The van der Waals surface area contributed by atoms with Gasteiger partial charge in [0.05, 0.1) is 32.1 Å². The molecule has 7 nitrogen and oxygen atoms in total. The molecular weight excluding hydrogens is 342 g/mol. The fourth-order valence-corrected chi connectivity index (χ4v) is 2.72. The number of alkyl halides is 2. The summed E-state index contributed by atoms with van der Waals surface area (Å²) in [7, 11) is 1.46. The van der Waals surface area contributed by atoms with Gasteiger partial charge < -0.3 is 9.64 Å². The lowest BCUT2D eigenvalue weighted by Gasteiger charge is -2.39. The lowest BCUT2D eigenvalue weighted by atomic mass is 10.1. The van der Waals surface area contributed by atoms with Crippen molar-refractivity contribution < 1.29 is 13.5 Å². The average molecular weight is 353 g/mol. The minimum Gasteiger partial charge on any atom is -0.493 e. The van der Waals surface area contributed by atoms with Crippen molar-refractivity contribution in [1.82, 2.24) is 24.6 Å². The maximum atomic E-state index is 13.2. The fraction of sp³-hybridized carbons (Fsp3) is 0.286. The van der Waals surface area contributed by atoms with Crippen LogP contribution in [0.25, 0.3) is 17.0 Å². The molecule has 4 heterocycles. The predicted octanol–water partition coefficient (Wildman–Crippen LogP) is 2.30. The van der Waals surface area contributed by atoms with Crippen molar-refractivity contribution in [3.63, 3.8) is 0 Å². The van der Waals surface area contributed by atoms with E-state index in [0.29, 0.717) is 28.6 Å². The number of methoxy groups -OCH3 is 1. The topological polar surface area (TPSA) is 68.4 Å². The third-order valence-electron chi connectivity index (χ3n) is 3.69. The van der Waals surface area contributed by atoms with Crippen LogP contribution in [0.3, 0.4) is 0 Å². The first-order chi connectivity index (χ1) is 11.5. The Morgan fingerprint density at radius 1 is 1.29 bits per heavy atom. The van der Waals surface area contributed by atoms with E-state index in [1.165, 1.54) is 22.7 Å². The number of hydrogen-bond donors (Lipinski definition) is 0. The van der Waals surface area contributed by atoms with E-state index in [9.17, 15) is 8.78 Å². The standard InChI is InChI=1S/C14H11ClF2N6O/c1-24-10-4-11-19-5-9(8-2-3-18-13(15)20-8)23(11)21-12(10)22-6-14(16,17)7-22/h2-5H,6-7H2,1H3. The number of rotatable bonds is 3. The summed E-state index contributed by atoms with van der Waals surface area (Å²) in [5.74, 6) is -1.99. The Morgan fingerprint density at radius 2 is 2.08 bits per heavy atom. The second-order valence-corrected chi connectivity index (χ2v) is 5.71. The number of halogens is 3. The fourth-order valence-electron chi connectivity index (χ4n) is 2.57. The van der Waals surface area contributed by atoms with Crippen molar-refractivity contribution in [3.8, 4) is 17.1 Å². The molecule has 0 N–H and O–H groups in total. The lowest BCUT2D eigenvalue weighted by molar-refractivity contribution is -0.0270. The van der Waals surface area contributed by atoms with Gasteiger partial charge in [0, 0.05) is 12.3 Å². The van der Waals surface area contributed by atoms with E-state index < -0.39 is 19.0 Å². The zero-order valence-electron chi connectivity index (χ0n) is 12.4. The minimum atomic E-state index is -2.71. The van der Waals surface area contributed by atoms with Crippen molar-refractivity contribution in [3.05, 3.63) is 29.8 Å². The van der Waals surface area contributed by atoms with Gasteiger partial charge in [-0.05, 0) is 17.7 Å². The molecule has 0 bridgehead atoms. The van der Waals surface area contributed by atoms with E-state index in [1.807, 2.05) is 0 Å². The number of nitrogens with zero attached hydrogens (tertiary/aromatic N) is 6. The number of aromatic nitrogens is 5. The minimum absolute atomic E-state index is 0.0959. The molecule has 0 amide bonds. The first kappa shape index (κ1) is 15.0. The van der Waals surface area contributed by atoms with Crippen LogP contribution in [0.5, 0.6) is 5.75 Å². The van der Waals surface area contributed by atoms with Crippen LogP contribution in [0.1, 0.15) is 0 Å². The Morgan fingerprint density at radius 3 is 2.75 bits per heavy atom. The van der Waals surface area contributed by atoms with Gasteiger partial charge >= 0.3 is 0 Å². The molecule has 10 heteroatoms. The molecule has 1 fully saturated rings. The van der Waals surface area contributed by atoms with E-state index in [1.54, 1.807) is 18.3 Å². The molecule has 0 atom stereocenters. The Kier molecular flexibility index (Phi) is 3.27. The van der Waals surface area contributed by atoms with Gasteiger partial charge in [-0.1, -0.05) is 0 Å². The van der Waals surface area contributed by atoms with E-state index in [2.05, 4.69) is 20.1 Å². The van der Waals surface area contributed by atoms with Crippen molar-refractivity contribution in [2.24, 2.45) is 0 Å². The summed E-state index contributed by atoms with van der Waals surface area (Å²) in [5.41, 5.74) is 1.61. The van der Waals surface area contributed by atoms with Crippen LogP contribution in [0.15, 0.2) is 24.5 Å². The lowest BCUT2D eigenvalue weighted by Crippen LogP contribution is -2.56. The summed E-state index contributed by atoms with van der Waals surface area (Å²) in [4.78, 5) is 13.7. The van der Waals surface area contributed by atoms with E-state index in [0.717, 1.165) is 0 Å². The third kappa shape index (κ3) is 2.41. The number of anilines is 1. The van der Waals surface area contributed by atoms with Crippen molar-refractivity contribution in [1.29, 1.82) is 0 Å². The number of ether oxygens (including phenoxy) is 1. The summed E-state index contributed by atoms with van der Waals surface area (Å²) >= 11 is 5.82. The van der Waals surface area contributed by atoms with Crippen LogP contribution in [-0.2, 0) is 0 Å². The average Bonchev–Trinajstić information content (AvgIpc) is 2.94. The highest BCUT2D eigenvalue weighted by Gasteiger charge is 2.45. The summed E-state index contributed by atoms with van der Waals surface area (Å²) in [6.07, 6.45) is 3.10. The van der Waals surface area contributed by atoms with Crippen LogP contribution < -0.4 is 9.64 Å². The zero-order valence-corrected chi connectivity index (χ0v) is 13.2. The SMILES string of the molecule is COc1cc2ncc(-c3ccnc(Cl)n3)n2nc1N1CC(F)(F)C1. The van der Waals surface area contributed by atoms with Gasteiger partial charge in [-0.25, -0.2) is 28.2 Å². The highest BCUT2D eigenvalue weighted by atomic mass is 35.5. The highest BCUT2D eigenvalue weighted by Crippen LogP contribution is 2.36. The van der Waals surface area contributed by atoms with Crippen LogP contribution in [-0.4, -0.2) is 50.7 Å². The Labute approximate surface area is 139 Å².